The zero-order chi connectivity index (χ0) is 12.6. The van der Waals surface area contributed by atoms with Gasteiger partial charge in [0.1, 0.15) is 6.61 Å². The number of benzene rings is 1. The van der Waals surface area contributed by atoms with Crippen molar-refractivity contribution in [2.45, 2.75) is 6.61 Å². The zero-order valence-electron chi connectivity index (χ0n) is 10.3. The van der Waals surface area contributed by atoms with Gasteiger partial charge in [-0.25, -0.2) is 4.79 Å². The monoisotopic (exact) mass is 246 g/mol. The number of ether oxygens (including phenoxy) is 1. The molecule has 0 bridgehead atoms. The SMILES string of the molecule is O=C(NCCN1CC=CC1)OCc1ccccc1. The van der Waals surface area contributed by atoms with Crippen LogP contribution >= 0.6 is 0 Å². The number of carbonyl (C=O) groups is 1. The molecule has 0 aliphatic carbocycles. The first kappa shape index (κ1) is 12.6. The van der Waals surface area contributed by atoms with Gasteiger partial charge < -0.3 is 10.1 Å². The molecule has 1 aromatic rings. The third-order valence-corrected chi connectivity index (χ3v) is 2.80. The topological polar surface area (TPSA) is 41.6 Å². The standard InChI is InChI=1S/C14H18N2O2/c17-14(15-8-11-16-9-4-5-10-16)18-12-13-6-2-1-3-7-13/h1-7H,8-12H2,(H,15,17). The van der Waals surface area contributed by atoms with Crippen LogP contribution in [0.25, 0.3) is 0 Å². The number of hydrogen-bond acceptors (Lipinski definition) is 3. The van der Waals surface area contributed by atoms with E-state index in [1.165, 1.54) is 0 Å². The van der Waals surface area contributed by atoms with Crippen LogP contribution in [0.15, 0.2) is 42.5 Å². The Morgan fingerprint density at radius 1 is 1.22 bits per heavy atom. The highest BCUT2D eigenvalue weighted by Crippen LogP contribution is 2.00. The highest BCUT2D eigenvalue weighted by molar-refractivity contribution is 5.67. The minimum Gasteiger partial charge on any atom is -0.445 e. The Balaban J connectivity index is 1.57. The highest BCUT2D eigenvalue weighted by Gasteiger charge is 2.07. The summed E-state index contributed by atoms with van der Waals surface area (Å²) in [4.78, 5) is 13.7. The van der Waals surface area contributed by atoms with E-state index in [1.54, 1.807) is 0 Å². The molecule has 0 fully saturated rings. The van der Waals surface area contributed by atoms with Crippen LogP contribution in [0.4, 0.5) is 4.79 Å². The summed E-state index contributed by atoms with van der Waals surface area (Å²) in [5, 5.41) is 2.75. The van der Waals surface area contributed by atoms with E-state index < -0.39 is 0 Å². The summed E-state index contributed by atoms with van der Waals surface area (Å²) in [6.07, 6.45) is 3.91. The molecule has 1 aromatic carbocycles. The van der Waals surface area contributed by atoms with Gasteiger partial charge in [0.05, 0.1) is 0 Å². The second-order valence-corrected chi connectivity index (χ2v) is 4.22. The van der Waals surface area contributed by atoms with Gasteiger partial charge in [-0.3, -0.25) is 4.90 Å². The van der Waals surface area contributed by atoms with Crippen LogP contribution < -0.4 is 5.32 Å². The van der Waals surface area contributed by atoms with E-state index in [-0.39, 0.29) is 6.09 Å². The predicted octanol–water partition coefficient (Wildman–Crippen LogP) is 1.78. The fraction of sp³-hybridized carbons (Fsp3) is 0.357. The molecule has 4 heteroatoms. The number of hydrogen-bond donors (Lipinski definition) is 1. The number of amides is 1. The molecule has 0 saturated heterocycles. The quantitative estimate of drug-likeness (QED) is 0.805. The molecule has 1 aliphatic rings. The van der Waals surface area contributed by atoms with Gasteiger partial charge in [-0.05, 0) is 5.56 Å². The van der Waals surface area contributed by atoms with Crippen molar-refractivity contribution < 1.29 is 9.53 Å². The largest absolute Gasteiger partial charge is 0.445 e. The van der Waals surface area contributed by atoms with Crippen molar-refractivity contribution in [3.05, 3.63) is 48.0 Å². The molecule has 0 saturated carbocycles. The summed E-state index contributed by atoms with van der Waals surface area (Å²) in [6, 6.07) is 9.66. The van der Waals surface area contributed by atoms with Gasteiger partial charge in [-0.2, -0.15) is 0 Å². The van der Waals surface area contributed by atoms with E-state index in [2.05, 4.69) is 22.4 Å². The number of rotatable bonds is 5. The van der Waals surface area contributed by atoms with Crippen LogP contribution in [-0.2, 0) is 11.3 Å². The molecular formula is C14H18N2O2. The summed E-state index contributed by atoms with van der Waals surface area (Å²) in [7, 11) is 0. The van der Waals surface area contributed by atoms with Crippen LogP contribution in [0, 0.1) is 0 Å². The van der Waals surface area contributed by atoms with Gasteiger partial charge >= 0.3 is 6.09 Å². The van der Waals surface area contributed by atoms with Gasteiger partial charge in [0, 0.05) is 26.2 Å². The average molecular weight is 246 g/mol. The van der Waals surface area contributed by atoms with Gasteiger partial charge in [-0.15, -0.1) is 0 Å². The third-order valence-electron chi connectivity index (χ3n) is 2.80. The second kappa shape index (κ2) is 6.81. The van der Waals surface area contributed by atoms with Crippen LogP contribution in [0.2, 0.25) is 0 Å². The zero-order valence-corrected chi connectivity index (χ0v) is 10.3. The molecule has 0 radical (unpaired) electrons. The molecule has 0 atom stereocenters. The fourth-order valence-corrected chi connectivity index (χ4v) is 1.79. The molecule has 18 heavy (non-hydrogen) atoms. The second-order valence-electron chi connectivity index (χ2n) is 4.22. The van der Waals surface area contributed by atoms with Crippen LogP contribution in [0.5, 0.6) is 0 Å². The van der Waals surface area contributed by atoms with E-state index in [0.717, 1.165) is 25.2 Å². The van der Waals surface area contributed by atoms with E-state index in [9.17, 15) is 4.79 Å². The molecular weight excluding hydrogens is 228 g/mol. The number of carbonyl (C=O) groups excluding carboxylic acids is 1. The molecule has 1 N–H and O–H groups in total. The molecule has 1 aliphatic heterocycles. The summed E-state index contributed by atoms with van der Waals surface area (Å²) in [6.45, 7) is 3.74. The number of nitrogens with zero attached hydrogens (tertiary/aromatic N) is 1. The molecule has 1 amide bonds. The van der Waals surface area contributed by atoms with E-state index in [4.69, 9.17) is 4.74 Å². The summed E-state index contributed by atoms with van der Waals surface area (Å²) in [5.74, 6) is 0. The van der Waals surface area contributed by atoms with E-state index in [1.807, 2.05) is 30.3 Å². The Morgan fingerprint density at radius 2 is 1.94 bits per heavy atom. The van der Waals surface area contributed by atoms with Crippen molar-refractivity contribution >= 4 is 6.09 Å². The van der Waals surface area contributed by atoms with Crippen molar-refractivity contribution in [2.75, 3.05) is 26.2 Å². The van der Waals surface area contributed by atoms with E-state index in [0.29, 0.717) is 13.2 Å². The lowest BCUT2D eigenvalue weighted by Gasteiger charge is -2.14. The highest BCUT2D eigenvalue weighted by atomic mass is 16.5. The Bertz CT molecular complexity index is 396. The molecule has 96 valence electrons. The number of nitrogens with one attached hydrogen (secondary N) is 1. The molecule has 2 rings (SSSR count). The molecule has 0 unspecified atom stereocenters. The van der Waals surface area contributed by atoms with E-state index >= 15 is 0 Å². The third kappa shape index (κ3) is 4.22. The summed E-state index contributed by atoms with van der Waals surface area (Å²) in [5.41, 5.74) is 0.997. The van der Waals surface area contributed by atoms with Gasteiger partial charge in [0.15, 0.2) is 0 Å². The van der Waals surface area contributed by atoms with Crippen LogP contribution in [0.1, 0.15) is 5.56 Å². The summed E-state index contributed by atoms with van der Waals surface area (Å²) >= 11 is 0. The maximum Gasteiger partial charge on any atom is 0.407 e. The molecule has 0 aromatic heterocycles. The lowest BCUT2D eigenvalue weighted by Crippen LogP contribution is -2.33. The van der Waals surface area contributed by atoms with Crippen molar-refractivity contribution in [3.63, 3.8) is 0 Å². The normalized spacial score (nSPS) is 14.7. The maximum atomic E-state index is 11.4. The predicted molar refractivity (Wildman–Crippen MR) is 70.2 cm³/mol. The lowest BCUT2D eigenvalue weighted by atomic mass is 10.2. The van der Waals surface area contributed by atoms with Gasteiger partial charge in [0.2, 0.25) is 0 Å². The first-order chi connectivity index (χ1) is 8.84. The molecule has 4 nitrogen and oxygen atoms in total. The van der Waals surface area contributed by atoms with Crippen LogP contribution in [-0.4, -0.2) is 37.2 Å². The minimum absolute atomic E-state index is 0.317. The Labute approximate surface area is 107 Å². The average Bonchev–Trinajstić information content (AvgIpc) is 2.91. The lowest BCUT2D eigenvalue weighted by molar-refractivity contribution is 0.138. The molecule has 0 spiro atoms. The van der Waals surface area contributed by atoms with Gasteiger partial charge in [0.25, 0.3) is 0 Å². The maximum absolute atomic E-state index is 11.4. The Hall–Kier alpha value is -1.81. The Morgan fingerprint density at radius 3 is 2.67 bits per heavy atom. The van der Waals surface area contributed by atoms with Crippen molar-refractivity contribution in [2.24, 2.45) is 0 Å². The van der Waals surface area contributed by atoms with Crippen molar-refractivity contribution in [1.82, 2.24) is 10.2 Å². The number of alkyl carbamates (subject to hydrolysis) is 1. The van der Waals surface area contributed by atoms with Crippen LogP contribution in [0.3, 0.4) is 0 Å². The van der Waals surface area contributed by atoms with Crippen molar-refractivity contribution in [3.8, 4) is 0 Å². The first-order valence-corrected chi connectivity index (χ1v) is 6.16. The summed E-state index contributed by atoms with van der Waals surface area (Å²) < 4.78 is 5.11. The fourth-order valence-electron chi connectivity index (χ4n) is 1.79. The molecule has 1 heterocycles. The van der Waals surface area contributed by atoms with Crippen molar-refractivity contribution in [1.29, 1.82) is 0 Å². The minimum atomic E-state index is -0.356. The Kier molecular flexibility index (Phi) is 4.78. The smallest absolute Gasteiger partial charge is 0.407 e. The van der Waals surface area contributed by atoms with Gasteiger partial charge in [-0.1, -0.05) is 42.5 Å². The first-order valence-electron chi connectivity index (χ1n) is 6.16.